The smallest absolute Gasteiger partial charge is 0.308 e. The highest BCUT2D eigenvalue weighted by molar-refractivity contribution is 6.35. The van der Waals surface area contributed by atoms with Crippen LogP contribution in [-0.2, 0) is 11.2 Å². The maximum Gasteiger partial charge on any atom is 0.332 e. The van der Waals surface area contributed by atoms with Gasteiger partial charge in [0.2, 0.25) is 0 Å². The number of imide groups is 1. The Morgan fingerprint density at radius 3 is 2.43 bits per heavy atom. The molecule has 2 heterocycles. The molecule has 2 aromatic carbocycles. The lowest BCUT2D eigenvalue weighted by atomic mass is 9.87. The van der Waals surface area contributed by atoms with Crippen molar-refractivity contribution in [1.82, 2.24) is 4.90 Å². The molecule has 0 aliphatic carbocycles. The number of amides is 3. The predicted molar refractivity (Wildman–Crippen MR) is 113 cm³/mol. The van der Waals surface area contributed by atoms with Crippen LogP contribution in [0.15, 0.2) is 47.6 Å². The number of benzene rings is 2. The van der Waals surface area contributed by atoms with Gasteiger partial charge in [0.1, 0.15) is 5.54 Å². The average molecular weight is 441 g/mol. The Labute approximate surface area is 182 Å². The van der Waals surface area contributed by atoms with E-state index in [1.165, 1.54) is 23.1 Å². The van der Waals surface area contributed by atoms with Crippen LogP contribution in [-0.4, -0.2) is 35.0 Å². The minimum atomic E-state index is -1.19. The molecule has 0 N–H and O–H groups in total. The first-order valence-corrected chi connectivity index (χ1v) is 9.76. The van der Waals surface area contributed by atoms with Gasteiger partial charge < -0.3 is 4.90 Å². The fraction of sp³-hybridized carbons (Fsp3) is 0.250. The fourth-order valence-corrected chi connectivity index (χ4v) is 4.66. The minimum absolute atomic E-state index is 0.138. The topological polar surface area (TPSA) is 93.7 Å². The Morgan fingerprint density at radius 2 is 1.83 bits per heavy atom. The van der Waals surface area contributed by atoms with E-state index >= 15 is 0 Å². The van der Waals surface area contributed by atoms with Gasteiger partial charge in [-0.1, -0.05) is 52.6 Å². The van der Waals surface area contributed by atoms with E-state index in [4.69, 9.17) is 35.3 Å². The highest BCUT2D eigenvalue weighted by atomic mass is 35.5. The molecule has 2 aliphatic heterocycles. The Morgan fingerprint density at radius 1 is 1.17 bits per heavy atom. The van der Waals surface area contributed by atoms with Crippen molar-refractivity contribution in [2.24, 2.45) is 5.11 Å². The summed E-state index contributed by atoms with van der Waals surface area (Å²) in [4.78, 5) is 35.6. The van der Waals surface area contributed by atoms with Gasteiger partial charge in [-0.25, -0.2) is 14.5 Å². The maximum atomic E-state index is 13.6. The van der Waals surface area contributed by atoms with Gasteiger partial charge >= 0.3 is 6.03 Å². The molecule has 2 aromatic rings. The molecule has 150 valence electrons. The second kappa shape index (κ2) is 7.54. The molecular formula is C20H14Cl2N6O2. The molecule has 0 radical (unpaired) electrons. The van der Waals surface area contributed by atoms with Crippen molar-refractivity contribution in [3.63, 3.8) is 0 Å². The van der Waals surface area contributed by atoms with E-state index in [-0.39, 0.29) is 19.4 Å². The Balaban J connectivity index is 1.77. The van der Waals surface area contributed by atoms with Gasteiger partial charge in [0.05, 0.1) is 18.3 Å². The van der Waals surface area contributed by atoms with E-state index in [2.05, 4.69) is 14.9 Å². The van der Waals surface area contributed by atoms with Gasteiger partial charge in [0.15, 0.2) is 5.69 Å². The van der Waals surface area contributed by atoms with E-state index < -0.39 is 23.5 Å². The highest BCUT2D eigenvalue weighted by Gasteiger charge is 2.62. The summed E-state index contributed by atoms with van der Waals surface area (Å²) in [5.41, 5.74) is 9.22. The molecule has 2 saturated heterocycles. The zero-order chi connectivity index (χ0) is 21.5. The molecule has 0 aromatic heterocycles. The first-order valence-electron chi connectivity index (χ1n) is 9.01. The second-order valence-electron chi connectivity index (χ2n) is 7.21. The third-order valence-corrected chi connectivity index (χ3v) is 5.83. The average Bonchev–Trinajstić information content (AvgIpc) is 3.15. The van der Waals surface area contributed by atoms with Gasteiger partial charge in [-0.2, -0.15) is 0 Å². The van der Waals surface area contributed by atoms with Crippen LogP contribution in [0, 0.1) is 6.57 Å². The van der Waals surface area contributed by atoms with Gasteiger partial charge in [-0.05, 0) is 35.7 Å². The molecule has 2 atom stereocenters. The molecule has 30 heavy (non-hydrogen) atoms. The van der Waals surface area contributed by atoms with Crippen LogP contribution in [0.3, 0.4) is 0 Å². The molecule has 2 aliphatic rings. The summed E-state index contributed by atoms with van der Waals surface area (Å²) < 4.78 is 0. The molecule has 0 saturated carbocycles. The standard InChI is InChI=1S/C20H14Cl2N6O2/c1-24-15-4-2-12(3-5-15)9-20-10-16(25-26-23)11-27(20)19(30)28(18(20)29)17-7-13(21)6-14(22)8-17/h2-8,16H,9-11H2/t16-,20-/m0/s1. The van der Waals surface area contributed by atoms with Crippen molar-refractivity contribution in [3.05, 3.63) is 79.9 Å². The van der Waals surface area contributed by atoms with Gasteiger partial charge in [-0.15, -0.1) is 0 Å². The molecule has 4 rings (SSSR count). The molecule has 8 nitrogen and oxygen atoms in total. The lowest BCUT2D eigenvalue weighted by molar-refractivity contribution is -0.124. The quantitative estimate of drug-likeness (QED) is 0.210. The Hall–Kier alpha value is -3.24. The third-order valence-electron chi connectivity index (χ3n) is 5.39. The van der Waals surface area contributed by atoms with E-state index in [9.17, 15) is 9.59 Å². The van der Waals surface area contributed by atoms with E-state index in [0.717, 1.165) is 10.5 Å². The number of hydrogen-bond donors (Lipinski definition) is 0. The van der Waals surface area contributed by atoms with Crippen LogP contribution in [0.4, 0.5) is 16.2 Å². The number of nitrogens with zero attached hydrogens (tertiary/aromatic N) is 6. The number of carbonyl (C=O) groups excluding carboxylic acids is 2. The molecule has 0 unspecified atom stereocenters. The SMILES string of the molecule is [C-]#[N+]c1ccc(C[C@@]23C[C@H](N=[N+]=[N-])CN2C(=O)N(c2cc(Cl)cc(Cl)c2)C3=O)cc1. The summed E-state index contributed by atoms with van der Waals surface area (Å²) in [6, 6.07) is 10.4. The molecule has 0 spiro atoms. The monoisotopic (exact) mass is 440 g/mol. The van der Waals surface area contributed by atoms with Crippen molar-refractivity contribution in [2.45, 2.75) is 24.4 Å². The van der Waals surface area contributed by atoms with Crippen LogP contribution in [0.5, 0.6) is 0 Å². The Kier molecular flexibility index (Phi) is 5.04. The summed E-state index contributed by atoms with van der Waals surface area (Å²) >= 11 is 12.2. The number of halogens is 2. The summed E-state index contributed by atoms with van der Waals surface area (Å²) in [6.07, 6.45) is 0.440. The van der Waals surface area contributed by atoms with Crippen LogP contribution >= 0.6 is 23.2 Å². The maximum absolute atomic E-state index is 13.6. The first-order chi connectivity index (χ1) is 14.4. The molecule has 2 fully saturated rings. The largest absolute Gasteiger partial charge is 0.332 e. The van der Waals surface area contributed by atoms with Gasteiger partial charge in [-0.3, -0.25) is 4.79 Å². The van der Waals surface area contributed by atoms with Crippen molar-refractivity contribution < 1.29 is 9.59 Å². The molecular weight excluding hydrogens is 427 g/mol. The third kappa shape index (κ3) is 3.23. The van der Waals surface area contributed by atoms with Crippen molar-refractivity contribution in [3.8, 4) is 0 Å². The number of hydrogen-bond acceptors (Lipinski definition) is 3. The van der Waals surface area contributed by atoms with E-state index in [0.29, 0.717) is 21.4 Å². The zero-order valence-electron chi connectivity index (χ0n) is 15.5. The minimum Gasteiger partial charge on any atom is -0.308 e. The van der Waals surface area contributed by atoms with Gasteiger partial charge in [0, 0.05) is 27.9 Å². The molecule has 3 amide bonds. The van der Waals surface area contributed by atoms with Crippen molar-refractivity contribution in [1.29, 1.82) is 0 Å². The summed E-state index contributed by atoms with van der Waals surface area (Å²) in [7, 11) is 0. The van der Waals surface area contributed by atoms with Crippen LogP contribution < -0.4 is 4.90 Å². The lowest BCUT2D eigenvalue weighted by Gasteiger charge is -2.28. The van der Waals surface area contributed by atoms with Crippen LogP contribution in [0.2, 0.25) is 10.0 Å². The normalized spacial score (nSPS) is 22.6. The molecule has 10 heteroatoms. The highest BCUT2D eigenvalue weighted by Crippen LogP contribution is 2.44. The van der Waals surface area contributed by atoms with Crippen molar-refractivity contribution in [2.75, 3.05) is 11.4 Å². The number of urea groups is 1. The van der Waals surface area contributed by atoms with Crippen LogP contribution in [0.25, 0.3) is 15.3 Å². The van der Waals surface area contributed by atoms with Crippen LogP contribution in [0.1, 0.15) is 12.0 Å². The number of anilines is 1. The summed E-state index contributed by atoms with van der Waals surface area (Å²) in [5, 5.41) is 4.36. The molecule has 0 bridgehead atoms. The summed E-state index contributed by atoms with van der Waals surface area (Å²) in [6.45, 7) is 7.22. The lowest BCUT2D eigenvalue weighted by Crippen LogP contribution is -2.47. The second-order valence-corrected chi connectivity index (χ2v) is 8.08. The van der Waals surface area contributed by atoms with E-state index in [1.807, 2.05) is 0 Å². The fourth-order valence-electron chi connectivity index (χ4n) is 4.15. The van der Waals surface area contributed by atoms with E-state index in [1.54, 1.807) is 24.3 Å². The number of fused-ring (bicyclic) bond motifs is 1. The predicted octanol–water partition coefficient (Wildman–Crippen LogP) is 5.38. The Bertz CT molecular complexity index is 1120. The van der Waals surface area contributed by atoms with Crippen molar-refractivity contribution >= 4 is 46.5 Å². The first kappa shape index (κ1) is 20.0. The van der Waals surface area contributed by atoms with Gasteiger partial charge in [0.25, 0.3) is 5.91 Å². The number of carbonyl (C=O) groups is 2. The number of rotatable bonds is 4. The zero-order valence-corrected chi connectivity index (χ0v) is 17.0. The summed E-state index contributed by atoms with van der Waals surface area (Å²) in [5.74, 6) is -0.421. The number of azide groups is 1.